The zero-order valence-electron chi connectivity index (χ0n) is 7.60. The van der Waals surface area contributed by atoms with E-state index in [-0.39, 0.29) is 6.04 Å². The van der Waals surface area contributed by atoms with Crippen LogP contribution in [-0.2, 0) is 0 Å². The maximum Gasteiger partial charge on any atom is 0.168 e. The van der Waals surface area contributed by atoms with Gasteiger partial charge in [-0.3, -0.25) is 0 Å². The third kappa shape index (κ3) is 0.767. The van der Waals surface area contributed by atoms with Crippen molar-refractivity contribution in [2.45, 2.75) is 13.0 Å². The molecule has 0 N–H and O–H groups in total. The summed E-state index contributed by atoms with van der Waals surface area (Å²) < 4.78 is 2.06. The van der Waals surface area contributed by atoms with Crippen LogP contribution in [0.1, 0.15) is 22.2 Å². The molecule has 0 aromatic carbocycles. The first kappa shape index (κ1) is 7.94. The monoisotopic (exact) mass is 204 g/mol. The minimum absolute atomic E-state index is 0.293. The van der Waals surface area contributed by atoms with Gasteiger partial charge in [0.2, 0.25) is 0 Å². The van der Waals surface area contributed by atoms with Gasteiger partial charge in [-0.1, -0.05) is 5.18 Å². The molecule has 0 aliphatic carbocycles. The fourth-order valence-electron chi connectivity index (χ4n) is 2.02. The number of fused-ring (bicyclic) bond motifs is 3. The molecule has 0 amide bonds. The van der Waals surface area contributed by atoms with Gasteiger partial charge in [-0.25, -0.2) is 0 Å². The number of nitrogens with zero attached hydrogens (tertiary/aromatic N) is 2. The average Bonchev–Trinajstić information content (AvgIpc) is 2.78. The van der Waals surface area contributed by atoms with Crippen molar-refractivity contribution in [1.29, 1.82) is 0 Å². The van der Waals surface area contributed by atoms with Gasteiger partial charge in [-0.05, 0) is 30.0 Å². The lowest BCUT2D eigenvalue weighted by atomic mass is 10.2. The van der Waals surface area contributed by atoms with E-state index >= 15 is 0 Å². The quantitative estimate of drug-likeness (QED) is 0.657. The van der Waals surface area contributed by atoms with Crippen LogP contribution in [0.5, 0.6) is 0 Å². The van der Waals surface area contributed by atoms with E-state index in [9.17, 15) is 4.91 Å². The Balaban J connectivity index is 2.37. The number of aryl methyl sites for hydroxylation is 1. The maximum atomic E-state index is 10.8. The van der Waals surface area contributed by atoms with Gasteiger partial charge < -0.3 is 4.57 Å². The van der Waals surface area contributed by atoms with Gasteiger partial charge in [-0.15, -0.1) is 16.2 Å². The van der Waals surface area contributed by atoms with Crippen molar-refractivity contribution < 1.29 is 0 Å². The molecule has 1 unspecified atom stereocenters. The molecule has 0 fully saturated rings. The van der Waals surface area contributed by atoms with Gasteiger partial charge in [0.05, 0.1) is 16.3 Å². The summed E-state index contributed by atoms with van der Waals surface area (Å²) in [6.07, 6.45) is 1.99. The minimum atomic E-state index is -0.293. The predicted octanol–water partition coefficient (Wildman–Crippen LogP) is 3.02. The molecule has 3 heterocycles. The zero-order valence-corrected chi connectivity index (χ0v) is 8.41. The Bertz CT molecular complexity index is 512. The molecule has 1 aliphatic rings. The lowest BCUT2D eigenvalue weighted by Gasteiger charge is -1.99. The lowest BCUT2D eigenvalue weighted by Crippen LogP contribution is -1.91. The fourth-order valence-corrected chi connectivity index (χ4v) is 3.10. The molecule has 4 heteroatoms. The van der Waals surface area contributed by atoms with Gasteiger partial charge in [0.25, 0.3) is 0 Å². The van der Waals surface area contributed by atoms with Crippen molar-refractivity contribution >= 4 is 11.3 Å². The van der Waals surface area contributed by atoms with Crippen molar-refractivity contribution in [2.75, 3.05) is 0 Å². The molecule has 0 saturated carbocycles. The van der Waals surface area contributed by atoms with Crippen LogP contribution in [0.15, 0.2) is 28.9 Å². The molecular weight excluding hydrogens is 196 g/mol. The van der Waals surface area contributed by atoms with E-state index < -0.39 is 0 Å². The smallest absolute Gasteiger partial charge is 0.168 e. The highest BCUT2D eigenvalue weighted by Gasteiger charge is 2.31. The molecule has 2 aromatic heterocycles. The maximum absolute atomic E-state index is 10.8. The minimum Gasteiger partial charge on any atom is -0.317 e. The van der Waals surface area contributed by atoms with Crippen LogP contribution in [0.3, 0.4) is 0 Å². The van der Waals surface area contributed by atoms with Crippen LogP contribution in [0.4, 0.5) is 0 Å². The Morgan fingerprint density at radius 2 is 2.43 bits per heavy atom. The summed E-state index contributed by atoms with van der Waals surface area (Å²) in [4.78, 5) is 11.9. The van der Waals surface area contributed by atoms with E-state index in [2.05, 4.69) is 22.0 Å². The standard InChI is InChI=1S/C10H8N2OS/c1-6-5-14-10-8(11-13)7-3-2-4-12(7)9(6)10/h2-5,8H,1H3. The summed E-state index contributed by atoms with van der Waals surface area (Å²) in [5.74, 6) is 0. The van der Waals surface area contributed by atoms with E-state index in [0.29, 0.717) is 0 Å². The van der Waals surface area contributed by atoms with Crippen molar-refractivity contribution in [3.63, 3.8) is 0 Å². The summed E-state index contributed by atoms with van der Waals surface area (Å²) in [5.41, 5.74) is 3.36. The van der Waals surface area contributed by atoms with Crippen LogP contribution >= 0.6 is 11.3 Å². The van der Waals surface area contributed by atoms with E-state index in [4.69, 9.17) is 0 Å². The Morgan fingerprint density at radius 3 is 3.21 bits per heavy atom. The first-order chi connectivity index (χ1) is 6.83. The largest absolute Gasteiger partial charge is 0.317 e. The predicted molar refractivity (Wildman–Crippen MR) is 56.0 cm³/mol. The van der Waals surface area contributed by atoms with Crippen LogP contribution in [0.25, 0.3) is 5.69 Å². The van der Waals surface area contributed by atoms with Crippen LogP contribution in [0.2, 0.25) is 0 Å². The molecule has 14 heavy (non-hydrogen) atoms. The van der Waals surface area contributed by atoms with E-state index in [0.717, 1.165) is 16.3 Å². The van der Waals surface area contributed by atoms with Gasteiger partial charge in [0, 0.05) is 6.20 Å². The molecule has 3 nitrogen and oxygen atoms in total. The average molecular weight is 204 g/mol. The highest BCUT2D eigenvalue weighted by Crippen LogP contribution is 2.43. The molecule has 0 bridgehead atoms. The highest BCUT2D eigenvalue weighted by molar-refractivity contribution is 7.10. The summed E-state index contributed by atoms with van der Waals surface area (Å²) in [7, 11) is 0. The van der Waals surface area contributed by atoms with Gasteiger partial charge in [0.1, 0.15) is 0 Å². The number of rotatable bonds is 1. The SMILES string of the molecule is Cc1csc2c1-n1cccc1C2N=O. The second-order valence-corrected chi connectivity index (χ2v) is 4.35. The van der Waals surface area contributed by atoms with E-state index in [1.807, 2.05) is 18.3 Å². The Kier molecular flexibility index (Phi) is 1.44. The number of aromatic nitrogens is 1. The van der Waals surface area contributed by atoms with E-state index in [1.165, 1.54) is 5.56 Å². The number of thiophene rings is 1. The first-order valence-electron chi connectivity index (χ1n) is 4.41. The second kappa shape index (κ2) is 2.54. The molecule has 0 spiro atoms. The molecule has 70 valence electrons. The summed E-state index contributed by atoms with van der Waals surface area (Å²) in [6, 6.07) is 3.62. The Labute approximate surface area is 85.0 Å². The Morgan fingerprint density at radius 1 is 1.57 bits per heavy atom. The van der Waals surface area contributed by atoms with Crippen molar-refractivity contribution in [3.05, 3.63) is 44.8 Å². The molecule has 1 aliphatic heterocycles. The van der Waals surface area contributed by atoms with Crippen LogP contribution < -0.4 is 0 Å². The number of nitroso groups, excluding NO2 is 1. The lowest BCUT2D eigenvalue weighted by molar-refractivity contribution is 0.867. The Hall–Kier alpha value is -1.42. The molecule has 3 rings (SSSR count). The van der Waals surface area contributed by atoms with Crippen LogP contribution in [0, 0.1) is 11.8 Å². The topological polar surface area (TPSA) is 34.4 Å². The first-order valence-corrected chi connectivity index (χ1v) is 5.29. The number of hydrogen-bond donors (Lipinski definition) is 0. The molecule has 2 aromatic rings. The summed E-state index contributed by atoms with van der Waals surface area (Å²) in [5, 5.41) is 5.27. The molecule has 0 saturated heterocycles. The van der Waals surface area contributed by atoms with E-state index in [1.54, 1.807) is 11.3 Å². The van der Waals surface area contributed by atoms with Crippen LogP contribution in [-0.4, -0.2) is 4.57 Å². The second-order valence-electron chi connectivity index (χ2n) is 3.44. The van der Waals surface area contributed by atoms with Crippen molar-refractivity contribution in [2.24, 2.45) is 5.18 Å². The highest BCUT2D eigenvalue weighted by atomic mass is 32.1. The van der Waals surface area contributed by atoms with Gasteiger partial charge in [0.15, 0.2) is 6.04 Å². The van der Waals surface area contributed by atoms with Crippen molar-refractivity contribution in [1.82, 2.24) is 4.57 Å². The number of hydrogen-bond acceptors (Lipinski definition) is 3. The molecule has 0 radical (unpaired) electrons. The summed E-state index contributed by atoms with van der Waals surface area (Å²) in [6.45, 7) is 2.06. The van der Waals surface area contributed by atoms with Gasteiger partial charge in [-0.2, -0.15) is 0 Å². The summed E-state index contributed by atoms with van der Waals surface area (Å²) >= 11 is 1.62. The molecule has 1 atom stereocenters. The molecular formula is C10H8N2OS. The third-order valence-corrected chi connectivity index (χ3v) is 3.77. The zero-order chi connectivity index (χ0) is 9.71. The van der Waals surface area contributed by atoms with Gasteiger partial charge >= 0.3 is 0 Å². The normalized spacial score (nSPS) is 17.9. The fraction of sp³-hybridized carbons (Fsp3) is 0.200. The van der Waals surface area contributed by atoms with Crippen molar-refractivity contribution in [3.8, 4) is 5.69 Å². The third-order valence-electron chi connectivity index (χ3n) is 2.62.